The number of aryl methyl sites for hydroxylation is 2. The van der Waals surface area contributed by atoms with E-state index in [0.29, 0.717) is 6.04 Å². The molecule has 1 unspecified atom stereocenters. The monoisotopic (exact) mass is 307 g/mol. The fourth-order valence-electron chi connectivity index (χ4n) is 2.68. The van der Waals surface area contributed by atoms with Gasteiger partial charge >= 0.3 is 0 Å². The summed E-state index contributed by atoms with van der Waals surface area (Å²) in [6.45, 7) is 5.36. The number of nitrogens with zero attached hydrogens (tertiary/aromatic N) is 2. The summed E-state index contributed by atoms with van der Waals surface area (Å²) >= 11 is 3.64. The van der Waals surface area contributed by atoms with Crippen molar-refractivity contribution in [1.82, 2.24) is 15.3 Å². The quantitative estimate of drug-likeness (QED) is 0.911. The Morgan fingerprint density at radius 3 is 3.00 bits per heavy atom. The van der Waals surface area contributed by atoms with Crippen molar-refractivity contribution in [2.45, 2.75) is 52.0 Å². The highest BCUT2D eigenvalue weighted by Gasteiger charge is 2.24. The molecule has 3 nitrogen and oxygen atoms in total. The molecule has 0 aliphatic heterocycles. The fraction of sp³-hybridized carbons (Fsp3) is 0.600. The number of rotatable bonds is 5. The van der Waals surface area contributed by atoms with E-state index in [4.69, 9.17) is 4.98 Å². The molecule has 1 N–H and O–H groups in total. The average molecular weight is 307 g/mol. The zero-order valence-corrected chi connectivity index (χ0v) is 13.7. The molecule has 1 aliphatic rings. The second kappa shape index (κ2) is 6.33. The molecular weight excluding hydrogens is 286 g/mol. The van der Waals surface area contributed by atoms with E-state index in [2.05, 4.69) is 29.5 Å². The summed E-state index contributed by atoms with van der Waals surface area (Å²) in [6, 6.07) is 0.474. The van der Waals surface area contributed by atoms with Crippen molar-refractivity contribution in [1.29, 1.82) is 0 Å². The molecule has 0 amide bonds. The van der Waals surface area contributed by atoms with Gasteiger partial charge in [0.25, 0.3) is 0 Å². The Morgan fingerprint density at radius 1 is 1.35 bits per heavy atom. The molecule has 108 valence electrons. The van der Waals surface area contributed by atoms with Crippen LogP contribution in [-0.2, 0) is 12.8 Å². The second-order valence-electron chi connectivity index (χ2n) is 5.37. The topological polar surface area (TPSA) is 37.8 Å². The first-order chi connectivity index (χ1) is 9.76. The Kier molecular flexibility index (Phi) is 4.48. The standard InChI is InChI=1S/C15H21N3S2/c1-3-7-16-11-5-4-6-12-15(11)18-14(20-12)8-13-17-10(2)9-19-13/h9,11,16H,3-8H2,1-2H3. The maximum absolute atomic E-state index is 4.91. The normalized spacial score (nSPS) is 18.2. The van der Waals surface area contributed by atoms with Gasteiger partial charge in [-0.1, -0.05) is 6.92 Å². The van der Waals surface area contributed by atoms with Gasteiger partial charge in [0.1, 0.15) is 0 Å². The van der Waals surface area contributed by atoms with Gasteiger partial charge < -0.3 is 5.32 Å². The first kappa shape index (κ1) is 14.2. The smallest absolute Gasteiger partial charge is 0.1000 e. The molecule has 0 fully saturated rings. The van der Waals surface area contributed by atoms with Gasteiger partial charge in [-0.3, -0.25) is 0 Å². The third kappa shape index (κ3) is 3.10. The Labute approximate surface area is 128 Å². The van der Waals surface area contributed by atoms with Crippen molar-refractivity contribution in [3.8, 4) is 0 Å². The van der Waals surface area contributed by atoms with E-state index in [9.17, 15) is 0 Å². The number of fused-ring (bicyclic) bond motifs is 1. The maximum Gasteiger partial charge on any atom is 0.1000 e. The van der Waals surface area contributed by atoms with Crippen molar-refractivity contribution in [2.24, 2.45) is 0 Å². The maximum atomic E-state index is 4.91. The Hall–Kier alpha value is -0.780. The molecule has 3 rings (SSSR count). The van der Waals surface area contributed by atoms with Gasteiger partial charge in [0.2, 0.25) is 0 Å². The first-order valence-electron chi connectivity index (χ1n) is 7.39. The van der Waals surface area contributed by atoms with E-state index in [1.165, 1.54) is 46.3 Å². The van der Waals surface area contributed by atoms with Crippen LogP contribution in [0.3, 0.4) is 0 Å². The van der Waals surface area contributed by atoms with Crippen molar-refractivity contribution in [2.75, 3.05) is 6.54 Å². The third-order valence-electron chi connectivity index (χ3n) is 3.61. The largest absolute Gasteiger partial charge is 0.309 e. The number of thiazole rings is 2. The van der Waals surface area contributed by atoms with Crippen LogP contribution in [0.25, 0.3) is 0 Å². The van der Waals surface area contributed by atoms with Gasteiger partial charge in [-0.15, -0.1) is 22.7 Å². The molecule has 2 aromatic rings. The number of aromatic nitrogens is 2. The van der Waals surface area contributed by atoms with Crippen molar-refractivity contribution in [3.05, 3.63) is 31.7 Å². The lowest BCUT2D eigenvalue weighted by Crippen LogP contribution is -2.25. The van der Waals surface area contributed by atoms with Crippen LogP contribution in [-0.4, -0.2) is 16.5 Å². The second-order valence-corrected chi connectivity index (χ2v) is 7.49. The minimum absolute atomic E-state index is 0.474. The predicted octanol–water partition coefficient (Wildman–Crippen LogP) is 3.88. The van der Waals surface area contributed by atoms with E-state index in [0.717, 1.165) is 18.7 Å². The molecule has 0 saturated carbocycles. The zero-order valence-electron chi connectivity index (χ0n) is 12.1. The summed E-state index contributed by atoms with van der Waals surface area (Å²) in [4.78, 5) is 11.0. The van der Waals surface area contributed by atoms with Crippen molar-refractivity contribution >= 4 is 22.7 Å². The summed E-state index contributed by atoms with van der Waals surface area (Å²) in [5.74, 6) is 0. The van der Waals surface area contributed by atoms with Crippen LogP contribution in [0.5, 0.6) is 0 Å². The fourth-order valence-corrected chi connectivity index (χ4v) is 4.72. The lowest BCUT2D eigenvalue weighted by molar-refractivity contribution is 0.454. The van der Waals surface area contributed by atoms with Crippen LogP contribution in [0, 0.1) is 6.92 Å². The van der Waals surface area contributed by atoms with Crippen LogP contribution < -0.4 is 5.32 Å². The van der Waals surface area contributed by atoms with Crippen LogP contribution in [0.4, 0.5) is 0 Å². The van der Waals surface area contributed by atoms with Crippen molar-refractivity contribution in [3.63, 3.8) is 0 Å². The molecule has 5 heteroatoms. The molecule has 0 saturated heterocycles. The zero-order chi connectivity index (χ0) is 13.9. The molecule has 20 heavy (non-hydrogen) atoms. The highest BCUT2D eigenvalue weighted by Crippen LogP contribution is 2.34. The lowest BCUT2D eigenvalue weighted by atomic mass is 9.97. The van der Waals surface area contributed by atoms with E-state index < -0.39 is 0 Å². The summed E-state index contributed by atoms with van der Waals surface area (Å²) < 4.78 is 0. The minimum atomic E-state index is 0.474. The number of nitrogens with one attached hydrogen (secondary N) is 1. The average Bonchev–Trinajstić information content (AvgIpc) is 3.02. The molecule has 0 spiro atoms. The van der Waals surface area contributed by atoms with Gasteiger partial charge in [0.05, 0.1) is 28.2 Å². The van der Waals surface area contributed by atoms with Gasteiger partial charge in [-0.2, -0.15) is 0 Å². The summed E-state index contributed by atoms with van der Waals surface area (Å²) in [7, 11) is 0. The molecule has 1 atom stereocenters. The van der Waals surface area contributed by atoms with E-state index >= 15 is 0 Å². The summed E-state index contributed by atoms with van der Waals surface area (Å²) in [5.41, 5.74) is 2.44. The van der Waals surface area contributed by atoms with Crippen LogP contribution in [0.15, 0.2) is 5.38 Å². The third-order valence-corrected chi connectivity index (χ3v) is 5.71. The van der Waals surface area contributed by atoms with Crippen LogP contribution >= 0.6 is 22.7 Å². The molecule has 2 heterocycles. The molecular formula is C15H21N3S2. The van der Waals surface area contributed by atoms with Gasteiger partial charge in [0.15, 0.2) is 0 Å². The Balaban J connectivity index is 1.76. The van der Waals surface area contributed by atoms with Crippen molar-refractivity contribution < 1.29 is 0 Å². The first-order valence-corrected chi connectivity index (χ1v) is 9.08. The predicted molar refractivity (Wildman–Crippen MR) is 85.7 cm³/mol. The van der Waals surface area contributed by atoms with Gasteiger partial charge in [-0.05, 0) is 39.2 Å². The van der Waals surface area contributed by atoms with Gasteiger partial charge in [0, 0.05) is 16.0 Å². The lowest BCUT2D eigenvalue weighted by Gasteiger charge is -2.22. The highest BCUT2D eigenvalue weighted by molar-refractivity contribution is 7.12. The van der Waals surface area contributed by atoms with Crippen LogP contribution in [0.1, 0.15) is 58.5 Å². The van der Waals surface area contributed by atoms with Gasteiger partial charge in [-0.25, -0.2) is 9.97 Å². The number of hydrogen-bond acceptors (Lipinski definition) is 5. The van der Waals surface area contributed by atoms with Crippen LogP contribution in [0.2, 0.25) is 0 Å². The summed E-state index contributed by atoms with van der Waals surface area (Å²) in [6.07, 6.45) is 5.80. The SMILES string of the molecule is CCCNC1CCCc2sc(Cc3nc(C)cs3)nc21. The molecule has 2 aromatic heterocycles. The van der Waals surface area contributed by atoms with E-state index in [1.54, 1.807) is 11.3 Å². The molecule has 0 radical (unpaired) electrons. The number of hydrogen-bond donors (Lipinski definition) is 1. The Morgan fingerprint density at radius 2 is 2.25 bits per heavy atom. The van der Waals surface area contributed by atoms with E-state index in [1.807, 2.05) is 11.3 Å². The molecule has 0 aromatic carbocycles. The van der Waals surface area contributed by atoms with E-state index in [-0.39, 0.29) is 0 Å². The molecule has 1 aliphatic carbocycles. The molecule has 0 bridgehead atoms. The highest BCUT2D eigenvalue weighted by atomic mass is 32.1. The Bertz CT molecular complexity index is 573. The summed E-state index contributed by atoms with van der Waals surface area (Å²) in [5, 5.41) is 8.18. The minimum Gasteiger partial charge on any atom is -0.309 e.